The van der Waals surface area contributed by atoms with Gasteiger partial charge in [-0.25, -0.2) is 0 Å². The molecule has 2 aromatic carbocycles. The highest BCUT2D eigenvalue weighted by Crippen LogP contribution is 2.34. The maximum absolute atomic E-state index is 5.88. The van der Waals surface area contributed by atoms with E-state index in [4.69, 9.17) is 10.6 Å². The van der Waals surface area contributed by atoms with Crippen LogP contribution in [-0.2, 0) is 6.42 Å². The Morgan fingerprint density at radius 1 is 1.15 bits per heavy atom. The van der Waals surface area contributed by atoms with Crippen molar-refractivity contribution in [3.05, 3.63) is 65.2 Å². The molecule has 2 unspecified atom stereocenters. The van der Waals surface area contributed by atoms with Crippen LogP contribution in [0.5, 0.6) is 5.75 Å². The van der Waals surface area contributed by atoms with Crippen LogP contribution in [0, 0.1) is 12.8 Å². The highest BCUT2D eigenvalue weighted by atomic mass is 16.5. The zero-order valence-corrected chi connectivity index (χ0v) is 11.7. The SMILES string of the molecule is Cc1ccccc1C(NN)C1COc2ccccc2C1. The van der Waals surface area contributed by atoms with E-state index in [0.717, 1.165) is 12.2 Å². The van der Waals surface area contributed by atoms with E-state index < -0.39 is 0 Å². The molecule has 0 radical (unpaired) electrons. The van der Waals surface area contributed by atoms with E-state index in [1.807, 2.05) is 12.1 Å². The quantitative estimate of drug-likeness (QED) is 0.664. The van der Waals surface area contributed by atoms with Crippen molar-refractivity contribution < 1.29 is 4.74 Å². The molecule has 104 valence electrons. The standard InChI is InChI=1S/C17H20N2O/c1-12-6-2-4-8-15(12)17(19-18)14-10-13-7-3-5-9-16(13)20-11-14/h2-9,14,17,19H,10-11,18H2,1H3. The fourth-order valence-corrected chi connectivity index (χ4v) is 2.98. The van der Waals surface area contributed by atoms with Crippen LogP contribution < -0.4 is 16.0 Å². The Kier molecular flexibility index (Phi) is 3.72. The van der Waals surface area contributed by atoms with Crippen LogP contribution in [0.4, 0.5) is 0 Å². The molecule has 0 spiro atoms. The molecule has 0 aliphatic carbocycles. The molecule has 0 aromatic heterocycles. The number of fused-ring (bicyclic) bond motifs is 1. The highest BCUT2D eigenvalue weighted by molar-refractivity contribution is 5.36. The number of hydrogen-bond donors (Lipinski definition) is 2. The van der Waals surface area contributed by atoms with Crippen LogP contribution in [0.15, 0.2) is 48.5 Å². The molecule has 0 fully saturated rings. The smallest absolute Gasteiger partial charge is 0.122 e. The van der Waals surface area contributed by atoms with Gasteiger partial charge in [0.25, 0.3) is 0 Å². The number of hydrogen-bond acceptors (Lipinski definition) is 3. The summed E-state index contributed by atoms with van der Waals surface area (Å²) < 4.78 is 5.88. The van der Waals surface area contributed by atoms with Gasteiger partial charge in [-0.15, -0.1) is 0 Å². The number of benzene rings is 2. The third-order valence-electron chi connectivity index (χ3n) is 4.08. The molecule has 20 heavy (non-hydrogen) atoms. The lowest BCUT2D eigenvalue weighted by Gasteiger charge is -2.32. The Labute approximate surface area is 119 Å². The summed E-state index contributed by atoms with van der Waals surface area (Å²) >= 11 is 0. The van der Waals surface area contributed by atoms with Crippen molar-refractivity contribution in [2.24, 2.45) is 11.8 Å². The van der Waals surface area contributed by atoms with Crippen LogP contribution in [0.2, 0.25) is 0 Å². The van der Waals surface area contributed by atoms with Gasteiger partial charge in [0, 0.05) is 5.92 Å². The molecule has 0 amide bonds. The Morgan fingerprint density at radius 2 is 1.90 bits per heavy atom. The maximum Gasteiger partial charge on any atom is 0.122 e. The fraction of sp³-hybridized carbons (Fsp3) is 0.294. The van der Waals surface area contributed by atoms with Gasteiger partial charge < -0.3 is 4.74 Å². The van der Waals surface area contributed by atoms with Crippen LogP contribution in [-0.4, -0.2) is 6.61 Å². The Hall–Kier alpha value is -1.84. The lowest BCUT2D eigenvalue weighted by Crippen LogP contribution is -2.39. The van der Waals surface area contributed by atoms with Gasteiger partial charge in [-0.1, -0.05) is 42.5 Å². The van der Waals surface area contributed by atoms with Crippen molar-refractivity contribution >= 4 is 0 Å². The van der Waals surface area contributed by atoms with Gasteiger partial charge in [0.15, 0.2) is 0 Å². The van der Waals surface area contributed by atoms with Gasteiger partial charge >= 0.3 is 0 Å². The predicted octanol–water partition coefficient (Wildman–Crippen LogP) is 2.75. The van der Waals surface area contributed by atoms with Gasteiger partial charge in [0.2, 0.25) is 0 Å². The molecule has 0 saturated carbocycles. The normalized spacial score (nSPS) is 19.0. The lowest BCUT2D eigenvalue weighted by atomic mass is 9.85. The first-order valence-electron chi connectivity index (χ1n) is 7.02. The number of aryl methyl sites for hydroxylation is 1. The fourth-order valence-electron chi connectivity index (χ4n) is 2.98. The number of nitrogens with two attached hydrogens (primary N) is 1. The third kappa shape index (κ3) is 2.42. The van der Waals surface area contributed by atoms with E-state index in [-0.39, 0.29) is 6.04 Å². The lowest BCUT2D eigenvalue weighted by molar-refractivity contribution is 0.184. The molecular weight excluding hydrogens is 248 g/mol. The number of hydrazine groups is 1. The summed E-state index contributed by atoms with van der Waals surface area (Å²) in [6.07, 6.45) is 0.985. The molecule has 1 heterocycles. The Morgan fingerprint density at radius 3 is 2.70 bits per heavy atom. The van der Waals surface area contributed by atoms with Crippen LogP contribution in [0.1, 0.15) is 22.7 Å². The van der Waals surface area contributed by atoms with Gasteiger partial charge in [-0.3, -0.25) is 11.3 Å². The molecule has 3 heteroatoms. The number of ether oxygens (including phenoxy) is 1. The minimum Gasteiger partial charge on any atom is -0.493 e. The number of nitrogens with one attached hydrogen (secondary N) is 1. The Bertz CT molecular complexity index is 597. The molecule has 3 rings (SSSR count). The third-order valence-corrected chi connectivity index (χ3v) is 4.08. The van der Waals surface area contributed by atoms with Gasteiger partial charge in [0.05, 0.1) is 12.6 Å². The van der Waals surface area contributed by atoms with Crippen molar-refractivity contribution in [3.8, 4) is 5.75 Å². The minimum atomic E-state index is 0.115. The zero-order chi connectivity index (χ0) is 13.9. The van der Waals surface area contributed by atoms with Crippen LogP contribution in [0.3, 0.4) is 0 Å². The first-order chi connectivity index (χ1) is 9.79. The summed E-state index contributed by atoms with van der Waals surface area (Å²) in [4.78, 5) is 0. The molecular formula is C17H20N2O. The average molecular weight is 268 g/mol. The van der Waals surface area contributed by atoms with Crippen molar-refractivity contribution in [1.82, 2.24) is 5.43 Å². The van der Waals surface area contributed by atoms with Crippen molar-refractivity contribution in [2.75, 3.05) is 6.61 Å². The topological polar surface area (TPSA) is 47.3 Å². The predicted molar refractivity (Wildman–Crippen MR) is 80.4 cm³/mol. The highest BCUT2D eigenvalue weighted by Gasteiger charge is 2.28. The van der Waals surface area contributed by atoms with E-state index in [2.05, 4.69) is 48.7 Å². The Balaban J connectivity index is 1.87. The first kappa shape index (κ1) is 13.2. The number of rotatable bonds is 3. The van der Waals surface area contributed by atoms with E-state index >= 15 is 0 Å². The molecule has 3 nitrogen and oxygen atoms in total. The summed E-state index contributed by atoms with van der Waals surface area (Å²) in [5.41, 5.74) is 6.75. The summed E-state index contributed by atoms with van der Waals surface area (Å²) in [7, 11) is 0. The second-order valence-electron chi connectivity index (χ2n) is 5.38. The molecule has 2 atom stereocenters. The zero-order valence-electron chi connectivity index (χ0n) is 11.7. The summed E-state index contributed by atoms with van der Waals surface area (Å²) in [5.74, 6) is 7.17. The summed E-state index contributed by atoms with van der Waals surface area (Å²) in [6.45, 7) is 2.82. The van der Waals surface area contributed by atoms with Crippen LogP contribution >= 0.6 is 0 Å². The minimum absolute atomic E-state index is 0.115. The second kappa shape index (κ2) is 5.65. The van der Waals surface area contributed by atoms with Gasteiger partial charge in [-0.2, -0.15) is 0 Å². The number of para-hydroxylation sites is 1. The summed E-state index contributed by atoms with van der Waals surface area (Å²) in [5, 5.41) is 0. The van der Waals surface area contributed by atoms with E-state index in [0.29, 0.717) is 12.5 Å². The van der Waals surface area contributed by atoms with Gasteiger partial charge in [0.1, 0.15) is 5.75 Å². The molecule has 0 bridgehead atoms. The molecule has 0 saturated heterocycles. The van der Waals surface area contributed by atoms with Crippen molar-refractivity contribution in [1.29, 1.82) is 0 Å². The van der Waals surface area contributed by atoms with Crippen molar-refractivity contribution in [2.45, 2.75) is 19.4 Å². The second-order valence-corrected chi connectivity index (χ2v) is 5.38. The van der Waals surface area contributed by atoms with Gasteiger partial charge in [-0.05, 0) is 36.1 Å². The monoisotopic (exact) mass is 268 g/mol. The molecule has 3 N–H and O–H groups in total. The molecule has 1 aliphatic heterocycles. The van der Waals surface area contributed by atoms with E-state index in [9.17, 15) is 0 Å². The molecule has 2 aromatic rings. The first-order valence-corrected chi connectivity index (χ1v) is 7.02. The van der Waals surface area contributed by atoms with E-state index in [1.54, 1.807) is 0 Å². The maximum atomic E-state index is 5.88. The van der Waals surface area contributed by atoms with Crippen LogP contribution in [0.25, 0.3) is 0 Å². The average Bonchev–Trinajstić information content (AvgIpc) is 2.50. The molecule has 1 aliphatic rings. The van der Waals surface area contributed by atoms with E-state index in [1.165, 1.54) is 16.7 Å². The van der Waals surface area contributed by atoms with Crippen molar-refractivity contribution in [3.63, 3.8) is 0 Å². The summed E-state index contributed by atoms with van der Waals surface area (Å²) in [6, 6.07) is 16.7. The largest absolute Gasteiger partial charge is 0.493 e.